The Morgan fingerprint density at radius 1 is 0.941 bits per heavy atom. The first-order valence-electron chi connectivity index (χ1n) is 5.98. The van der Waals surface area contributed by atoms with E-state index >= 15 is 0 Å². The Kier molecular flexibility index (Phi) is 5.14. The van der Waals surface area contributed by atoms with Gasteiger partial charge in [-0.3, -0.25) is 4.98 Å². The largest absolute Gasteiger partial charge is 0.384 e. The molecule has 0 radical (unpaired) electrons. The molecular weight excluding hydrogens is 210 g/mol. The van der Waals surface area contributed by atoms with Crippen LogP contribution < -0.4 is 5.73 Å². The van der Waals surface area contributed by atoms with Crippen LogP contribution in [0.25, 0.3) is 11.4 Å². The molecule has 2 heterocycles. The minimum absolute atomic E-state index is 0.524. The normalized spacial score (nSPS) is 9.35. The number of anilines is 1. The van der Waals surface area contributed by atoms with Crippen LogP contribution in [0, 0.1) is 0 Å². The SMILES string of the molecule is CC.CCc1cccc(-c2cccc(N)n2)n1. The maximum absolute atomic E-state index is 5.63. The molecule has 2 aromatic rings. The maximum atomic E-state index is 5.63. The van der Waals surface area contributed by atoms with Crippen molar-refractivity contribution in [3.63, 3.8) is 0 Å². The summed E-state index contributed by atoms with van der Waals surface area (Å²) in [6.45, 7) is 6.08. The number of pyridine rings is 2. The highest BCUT2D eigenvalue weighted by molar-refractivity contribution is 5.56. The molecule has 0 saturated heterocycles. The summed E-state index contributed by atoms with van der Waals surface area (Å²) in [4.78, 5) is 8.72. The van der Waals surface area contributed by atoms with Gasteiger partial charge in [0.25, 0.3) is 0 Å². The highest BCUT2D eigenvalue weighted by atomic mass is 14.9. The van der Waals surface area contributed by atoms with Crippen LogP contribution in [0.3, 0.4) is 0 Å². The molecule has 0 atom stereocenters. The van der Waals surface area contributed by atoms with Gasteiger partial charge >= 0.3 is 0 Å². The van der Waals surface area contributed by atoms with Gasteiger partial charge in [-0.1, -0.05) is 32.9 Å². The van der Waals surface area contributed by atoms with Crippen molar-refractivity contribution in [1.82, 2.24) is 9.97 Å². The Hall–Kier alpha value is -1.90. The highest BCUT2D eigenvalue weighted by Gasteiger charge is 2.01. The Bertz CT molecular complexity index is 467. The number of hydrogen-bond donors (Lipinski definition) is 1. The van der Waals surface area contributed by atoms with Crippen molar-refractivity contribution in [3.8, 4) is 11.4 Å². The zero-order valence-electron chi connectivity index (χ0n) is 10.6. The average Bonchev–Trinajstić information content (AvgIpc) is 2.41. The van der Waals surface area contributed by atoms with Crippen LogP contribution in [0.4, 0.5) is 5.82 Å². The molecule has 0 fully saturated rings. The minimum Gasteiger partial charge on any atom is -0.384 e. The average molecular weight is 229 g/mol. The first-order valence-corrected chi connectivity index (χ1v) is 5.98. The molecule has 2 rings (SSSR count). The fraction of sp³-hybridized carbons (Fsp3) is 0.286. The predicted molar refractivity (Wildman–Crippen MR) is 72.6 cm³/mol. The van der Waals surface area contributed by atoms with Gasteiger partial charge in [-0.15, -0.1) is 0 Å². The van der Waals surface area contributed by atoms with Crippen molar-refractivity contribution in [1.29, 1.82) is 0 Å². The van der Waals surface area contributed by atoms with Gasteiger partial charge in [0.15, 0.2) is 0 Å². The summed E-state index contributed by atoms with van der Waals surface area (Å²) in [6, 6.07) is 11.5. The second-order valence-electron chi connectivity index (χ2n) is 3.32. The van der Waals surface area contributed by atoms with Gasteiger partial charge < -0.3 is 5.73 Å². The van der Waals surface area contributed by atoms with Crippen molar-refractivity contribution < 1.29 is 0 Å². The van der Waals surface area contributed by atoms with Crippen molar-refractivity contribution in [2.24, 2.45) is 0 Å². The van der Waals surface area contributed by atoms with Gasteiger partial charge in [0.05, 0.1) is 11.4 Å². The molecule has 0 aliphatic heterocycles. The van der Waals surface area contributed by atoms with Crippen LogP contribution >= 0.6 is 0 Å². The van der Waals surface area contributed by atoms with Crippen molar-refractivity contribution in [2.45, 2.75) is 27.2 Å². The third-order valence-electron chi connectivity index (χ3n) is 2.20. The van der Waals surface area contributed by atoms with E-state index in [9.17, 15) is 0 Å². The second kappa shape index (κ2) is 6.63. The monoisotopic (exact) mass is 229 g/mol. The third-order valence-corrected chi connectivity index (χ3v) is 2.20. The van der Waals surface area contributed by atoms with Crippen LogP contribution in [-0.4, -0.2) is 9.97 Å². The van der Waals surface area contributed by atoms with E-state index in [-0.39, 0.29) is 0 Å². The Balaban J connectivity index is 0.000000686. The van der Waals surface area contributed by atoms with Crippen LogP contribution in [0.2, 0.25) is 0 Å². The van der Waals surface area contributed by atoms with Gasteiger partial charge in [-0.05, 0) is 30.7 Å². The summed E-state index contributed by atoms with van der Waals surface area (Å²) in [5.41, 5.74) is 8.39. The lowest BCUT2D eigenvalue weighted by atomic mass is 10.2. The first-order chi connectivity index (χ1) is 8.29. The Morgan fingerprint density at radius 2 is 1.53 bits per heavy atom. The van der Waals surface area contributed by atoms with Crippen molar-refractivity contribution in [3.05, 3.63) is 42.1 Å². The molecule has 0 amide bonds. The van der Waals surface area contributed by atoms with Crippen LogP contribution in [0.15, 0.2) is 36.4 Å². The van der Waals surface area contributed by atoms with Crippen molar-refractivity contribution >= 4 is 5.82 Å². The fourth-order valence-electron chi connectivity index (χ4n) is 1.41. The molecule has 2 aromatic heterocycles. The summed E-state index contributed by atoms with van der Waals surface area (Å²) in [5, 5.41) is 0. The summed E-state index contributed by atoms with van der Waals surface area (Å²) >= 11 is 0. The molecule has 90 valence electrons. The molecule has 3 heteroatoms. The molecule has 3 nitrogen and oxygen atoms in total. The third kappa shape index (κ3) is 3.55. The number of nitrogens with two attached hydrogens (primary N) is 1. The first kappa shape index (κ1) is 13.2. The number of rotatable bonds is 2. The zero-order valence-corrected chi connectivity index (χ0v) is 10.6. The number of nitrogens with zero attached hydrogens (tertiary/aromatic N) is 2. The minimum atomic E-state index is 0.524. The van der Waals surface area contributed by atoms with E-state index in [2.05, 4.69) is 16.9 Å². The lowest BCUT2D eigenvalue weighted by molar-refractivity contribution is 1.03. The molecule has 0 aliphatic rings. The Labute approximate surface area is 103 Å². The summed E-state index contributed by atoms with van der Waals surface area (Å²) in [7, 11) is 0. The quantitative estimate of drug-likeness (QED) is 0.859. The zero-order chi connectivity index (χ0) is 12.7. The summed E-state index contributed by atoms with van der Waals surface area (Å²) < 4.78 is 0. The molecule has 0 unspecified atom stereocenters. The molecule has 0 bridgehead atoms. The summed E-state index contributed by atoms with van der Waals surface area (Å²) in [5.74, 6) is 0.524. The van der Waals surface area contributed by atoms with Gasteiger partial charge in [0.2, 0.25) is 0 Å². The highest BCUT2D eigenvalue weighted by Crippen LogP contribution is 2.15. The molecule has 0 aromatic carbocycles. The standard InChI is InChI=1S/C12H13N3.C2H6/c1-2-9-5-3-6-10(14-9)11-7-4-8-12(13)15-11;1-2/h3-8H,2H2,1H3,(H2,13,15);1-2H3. The van der Waals surface area contributed by atoms with Gasteiger partial charge in [-0.2, -0.15) is 0 Å². The van der Waals surface area contributed by atoms with E-state index in [1.807, 2.05) is 44.2 Å². The van der Waals surface area contributed by atoms with E-state index < -0.39 is 0 Å². The van der Waals surface area contributed by atoms with E-state index in [0.29, 0.717) is 5.82 Å². The topological polar surface area (TPSA) is 51.8 Å². The molecule has 2 N–H and O–H groups in total. The fourth-order valence-corrected chi connectivity index (χ4v) is 1.41. The number of hydrogen-bond acceptors (Lipinski definition) is 3. The van der Waals surface area contributed by atoms with E-state index in [1.54, 1.807) is 6.07 Å². The maximum Gasteiger partial charge on any atom is 0.124 e. The van der Waals surface area contributed by atoms with E-state index in [0.717, 1.165) is 23.5 Å². The molecule has 0 saturated carbocycles. The van der Waals surface area contributed by atoms with Crippen LogP contribution in [-0.2, 0) is 6.42 Å². The second-order valence-corrected chi connectivity index (χ2v) is 3.32. The van der Waals surface area contributed by atoms with Crippen molar-refractivity contribution in [2.75, 3.05) is 5.73 Å². The van der Waals surface area contributed by atoms with Gasteiger partial charge in [-0.25, -0.2) is 4.98 Å². The van der Waals surface area contributed by atoms with E-state index in [1.165, 1.54) is 0 Å². The summed E-state index contributed by atoms with van der Waals surface area (Å²) in [6.07, 6.45) is 0.927. The smallest absolute Gasteiger partial charge is 0.124 e. The van der Waals surface area contributed by atoms with Crippen LogP contribution in [0.5, 0.6) is 0 Å². The van der Waals surface area contributed by atoms with E-state index in [4.69, 9.17) is 5.73 Å². The predicted octanol–water partition coefficient (Wildman–Crippen LogP) is 3.31. The molecular formula is C14H19N3. The lowest BCUT2D eigenvalue weighted by Crippen LogP contribution is -1.94. The van der Waals surface area contributed by atoms with Gasteiger partial charge in [0, 0.05) is 5.69 Å². The number of aryl methyl sites for hydroxylation is 1. The lowest BCUT2D eigenvalue weighted by Gasteiger charge is -2.02. The molecule has 0 aliphatic carbocycles. The number of nitrogen functional groups attached to an aromatic ring is 1. The molecule has 17 heavy (non-hydrogen) atoms. The van der Waals surface area contributed by atoms with Gasteiger partial charge in [0.1, 0.15) is 5.82 Å². The number of aromatic nitrogens is 2. The Morgan fingerprint density at radius 3 is 2.12 bits per heavy atom. The van der Waals surface area contributed by atoms with Crippen LogP contribution in [0.1, 0.15) is 26.5 Å². The molecule has 0 spiro atoms.